The summed E-state index contributed by atoms with van der Waals surface area (Å²) in [5, 5.41) is 10.2. The third kappa shape index (κ3) is 3.44. The topological polar surface area (TPSA) is 43.8 Å². The van der Waals surface area contributed by atoms with Crippen molar-refractivity contribution in [2.75, 3.05) is 26.7 Å². The largest absolute Gasteiger partial charge is 0.508 e. The van der Waals surface area contributed by atoms with Crippen molar-refractivity contribution in [3.63, 3.8) is 0 Å². The molecule has 1 aromatic carbocycles. The smallest absolute Gasteiger partial charge is 0.230 e. The van der Waals surface area contributed by atoms with Gasteiger partial charge in [0.2, 0.25) is 5.91 Å². The zero-order valence-corrected chi connectivity index (χ0v) is 15.2. The van der Waals surface area contributed by atoms with E-state index in [1.165, 1.54) is 0 Å². The van der Waals surface area contributed by atoms with E-state index in [9.17, 15) is 9.90 Å². The fraction of sp³-hybridized carbons (Fsp3) is 0.650. The van der Waals surface area contributed by atoms with E-state index >= 15 is 0 Å². The molecule has 24 heavy (non-hydrogen) atoms. The minimum Gasteiger partial charge on any atom is -0.508 e. The van der Waals surface area contributed by atoms with Crippen LogP contribution in [-0.4, -0.2) is 53.5 Å². The Morgan fingerprint density at radius 3 is 2.67 bits per heavy atom. The standard InChI is InChI=1S/C20H30N2O2/c1-14(2)21(3)13-15-9-11-22(12-10-15)20(24)17-8-7-16-5-4-6-18(23)19(16)17/h4-6,14-15,17,23H,7-13H2,1-3H3. The number of piperidine rings is 1. The molecule has 1 aliphatic carbocycles. The average molecular weight is 330 g/mol. The van der Waals surface area contributed by atoms with Gasteiger partial charge in [-0.15, -0.1) is 0 Å². The van der Waals surface area contributed by atoms with E-state index in [0.717, 1.165) is 56.4 Å². The molecule has 1 saturated heterocycles. The van der Waals surface area contributed by atoms with E-state index < -0.39 is 0 Å². The molecule has 1 N–H and O–H groups in total. The van der Waals surface area contributed by atoms with Crippen LogP contribution in [0.4, 0.5) is 0 Å². The summed E-state index contributed by atoms with van der Waals surface area (Å²) in [5.74, 6) is 1.05. The SMILES string of the molecule is CC(C)N(C)CC1CCN(C(=O)C2CCc3cccc(O)c32)CC1. The van der Waals surface area contributed by atoms with E-state index in [1.54, 1.807) is 6.07 Å². The minimum absolute atomic E-state index is 0.143. The third-order valence-corrected chi connectivity index (χ3v) is 5.88. The van der Waals surface area contributed by atoms with Crippen molar-refractivity contribution in [2.45, 2.75) is 51.5 Å². The number of nitrogens with zero attached hydrogens (tertiary/aromatic N) is 2. The second-order valence-corrected chi connectivity index (χ2v) is 7.74. The molecule has 1 amide bonds. The van der Waals surface area contributed by atoms with Crippen molar-refractivity contribution in [1.82, 2.24) is 9.80 Å². The lowest BCUT2D eigenvalue weighted by molar-refractivity contribution is -0.134. The van der Waals surface area contributed by atoms with Gasteiger partial charge in [0, 0.05) is 31.2 Å². The molecule has 1 heterocycles. The first-order valence-corrected chi connectivity index (χ1v) is 9.27. The van der Waals surface area contributed by atoms with Crippen LogP contribution in [0.2, 0.25) is 0 Å². The molecule has 0 saturated carbocycles. The van der Waals surface area contributed by atoms with Crippen molar-refractivity contribution < 1.29 is 9.90 Å². The highest BCUT2D eigenvalue weighted by Gasteiger charge is 2.35. The van der Waals surface area contributed by atoms with Crippen LogP contribution in [0.5, 0.6) is 5.75 Å². The molecule has 4 nitrogen and oxygen atoms in total. The van der Waals surface area contributed by atoms with Crippen LogP contribution in [0.1, 0.15) is 50.2 Å². The Hall–Kier alpha value is -1.55. The highest BCUT2D eigenvalue weighted by atomic mass is 16.3. The molecule has 0 aromatic heterocycles. The Kier molecular flexibility index (Phi) is 5.14. The predicted octanol–water partition coefficient (Wildman–Crippen LogP) is 3.00. The van der Waals surface area contributed by atoms with Gasteiger partial charge >= 0.3 is 0 Å². The van der Waals surface area contributed by atoms with Gasteiger partial charge < -0.3 is 14.9 Å². The maximum Gasteiger partial charge on any atom is 0.230 e. The lowest BCUT2D eigenvalue weighted by Crippen LogP contribution is -2.43. The molecule has 1 aliphatic heterocycles. The summed E-state index contributed by atoms with van der Waals surface area (Å²) in [7, 11) is 2.18. The summed E-state index contributed by atoms with van der Waals surface area (Å²) in [6.45, 7) is 7.28. The Labute approximate surface area is 145 Å². The zero-order valence-electron chi connectivity index (χ0n) is 15.2. The number of phenols is 1. The number of carbonyl (C=O) groups excluding carboxylic acids is 1. The highest BCUT2D eigenvalue weighted by Crippen LogP contribution is 2.40. The lowest BCUT2D eigenvalue weighted by Gasteiger charge is -2.36. The molecule has 1 unspecified atom stereocenters. The van der Waals surface area contributed by atoms with Crippen LogP contribution in [-0.2, 0) is 11.2 Å². The van der Waals surface area contributed by atoms with E-state index in [4.69, 9.17) is 0 Å². The maximum absolute atomic E-state index is 13.0. The Balaban J connectivity index is 1.59. The highest BCUT2D eigenvalue weighted by molar-refractivity contribution is 5.86. The molecule has 1 atom stereocenters. The number of aromatic hydroxyl groups is 1. The fourth-order valence-corrected chi connectivity index (χ4v) is 4.09. The number of hydrogen-bond acceptors (Lipinski definition) is 3. The van der Waals surface area contributed by atoms with Crippen LogP contribution < -0.4 is 0 Å². The molecular weight excluding hydrogens is 300 g/mol. The number of amides is 1. The molecule has 132 valence electrons. The molecule has 0 radical (unpaired) electrons. The summed E-state index contributed by atoms with van der Waals surface area (Å²) >= 11 is 0. The molecule has 0 spiro atoms. The van der Waals surface area contributed by atoms with E-state index in [0.29, 0.717) is 12.0 Å². The van der Waals surface area contributed by atoms with Crippen LogP contribution in [0, 0.1) is 5.92 Å². The Morgan fingerprint density at radius 2 is 2.00 bits per heavy atom. The molecule has 1 aromatic rings. The van der Waals surface area contributed by atoms with Crippen LogP contribution in [0.3, 0.4) is 0 Å². The first-order valence-electron chi connectivity index (χ1n) is 9.27. The second-order valence-electron chi connectivity index (χ2n) is 7.74. The van der Waals surface area contributed by atoms with Crippen LogP contribution in [0.25, 0.3) is 0 Å². The molecule has 2 aliphatic rings. The predicted molar refractivity (Wildman–Crippen MR) is 96.2 cm³/mol. The minimum atomic E-state index is -0.143. The summed E-state index contributed by atoms with van der Waals surface area (Å²) in [6.07, 6.45) is 3.91. The van der Waals surface area contributed by atoms with Gasteiger partial charge in [0.1, 0.15) is 5.75 Å². The van der Waals surface area contributed by atoms with Crippen molar-refractivity contribution in [2.24, 2.45) is 5.92 Å². The van der Waals surface area contributed by atoms with Gasteiger partial charge in [-0.3, -0.25) is 4.79 Å². The number of aryl methyl sites for hydroxylation is 1. The van der Waals surface area contributed by atoms with Gasteiger partial charge in [-0.05, 0) is 64.1 Å². The summed E-state index contributed by atoms with van der Waals surface area (Å²) < 4.78 is 0. The number of carbonyl (C=O) groups is 1. The molecule has 0 bridgehead atoms. The first kappa shape index (κ1) is 17.3. The monoisotopic (exact) mass is 330 g/mol. The van der Waals surface area contributed by atoms with Gasteiger partial charge in [-0.2, -0.15) is 0 Å². The first-order chi connectivity index (χ1) is 11.5. The number of rotatable bonds is 4. The van der Waals surface area contributed by atoms with Crippen molar-refractivity contribution in [3.05, 3.63) is 29.3 Å². The third-order valence-electron chi connectivity index (χ3n) is 5.88. The average Bonchev–Trinajstić information content (AvgIpc) is 3.00. The fourth-order valence-electron chi connectivity index (χ4n) is 4.09. The Morgan fingerprint density at radius 1 is 1.29 bits per heavy atom. The van der Waals surface area contributed by atoms with Gasteiger partial charge in [-0.1, -0.05) is 12.1 Å². The van der Waals surface area contributed by atoms with Gasteiger partial charge in [-0.25, -0.2) is 0 Å². The number of likely N-dealkylation sites (tertiary alicyclic amines) is 1. The van der Waals surface area contributed by atoms with Crippen molar-refractivity contribution in [3.8, 4) is 5.75 Å². The van der Waals surface area contributed by atoms with Gasteiger partial charge in [0.25, 0.3) is 0 Å². The number of phenolic OH excluding ortho intramolecular Hbond substituents is 1. The molecule has 1 fully saturated rings. The molecule has 4 heteroatoms. The molecule has 3 rings (SSSR count). The lowest BCUT2D eigenvalue weighted by atomic mass is 9.93. The normalized spacial score (nSPS) is 21.5. The van der Waals surface area contributed by atoms with Crippen molar-refractivity contribution in [1.29, 1.82) is 0 Å². The van der Waals surface area contributed by atoms with E-state index in [-0.39, 0.29) is 17.6 Å². The van der Waals surface area contributed by atoms with E-state index in [2.05, 4.69) is 25.8 Å². The van der Waals surface area contributed by atoms with Crippen LogP contribution >= 0.6 is 0 Å². The maximum atomic E-state index is 13.0. The summed E-state index contributed by atoms with van der Waals surface area (Å²) in [6, 6.07) is 6.19. The quantitative estimate of drug-likeness (QED) is 0.923. The number of benzene rings is 1. The van der Waals surface area contributed by atoms with Crippen molar-refractivity contribution >= 4 is 5.91 Å². The zero-order chi connectivity index (χ0) is 17.3. The Bertz CT molecular complexity index is 591. The van der Waals surface area contributed by atoms with Crippen LogP contribution in [0.15, 0.2) is 18.2 Å². The number of fused-ring (bicyclic) bond motifs is 1. The second kappa shape index (κ2) is 7.14. The molecular formula is C20H30N2O2. The number of hydrogen-bond donors (Lipinski definition) is 1. The van der Waals surface area contributed by atoms with Gasteiger partial charge in [0.05, 0.1) is 5.92 Å². The summed E-state index contributed by atoms with van der Waals surface area (Å²) in [4.78, 5) is 17.4. The van der Waals surface area contributed by atoms with Gasteiger partial charge in [0.15, 0.2) is 0 Å². The van der Waals surface area contributed by atoms with E-state index in [1.807, 2.05) is 17.0 Å². The summed E-state index contributed by atoms with van der Waals surface area (Å²) in [5.41, 5.74) is 2.02.